The van der Waals surface area contributed by atoms with Crippen LogP contribution in [0.25, 0.3) is 5.69 Å². The number of ether oxygens (including phenoxy) is 2. The molecule has 5 rings (SSSR count). The molecule has 186 valence electrons. The van der Waals surface area contributed by atoms with Crippen LogP contribution >= 0.6 is 0 Å². The predicted molar refractivity (Wildman–Crippen MR) is 131 cm³/mol. The number of rotatable bonds is 8. The van der Waals surface area contributed by atoms with Crippen molar-refractivity contribution in [3.63, 3.8) is 0 Å². The van der Waals surface area contributed by atoms with E-state index in [9.17, 15) is 8.78 Å². The highest BCUT2D eigenvalue weighted by Gasteiger charge is 2.31. The molecule has 2 aromatic carbocycles. The van der Waals surface area contributed by atoms with Gasteiger partial charge in [-0.3, -0.25) is 0 Å². The van der Waals surface area contributed by atoms with Gasteiger partial charge in [0.1, 0.15) is 41.0 Å². The number of fused-ring (bicyclic) bond motifs is 1. The van der Waals surface area contributed by atoms with Gasteiger partial charge < -0.3 is 20.1 Å². The molecule has 0 amide bonds. The van der Waals surface area contributed by atoms with Crippen molar-refractivity contribution in [1.29, 1.82) is 0 Å². The third-order valence-corrected chi connectivity index (χ3v) is 6.15. The van der Waals surface area contributed by atoms with Gasteiger partial charge in [-0.2, -0.15) is 10.1 Å². The first kappa shape index (κ1) is 23.5. The van der Waals surface area contributed by atoms with Crippen LogP contribution in [0, 0.1) is 12.7 Å². The number of alkyl halides is 1. The standard InChI is InChI=1S/C25H25F2N7O2/c1-14-29-13-34(33-14)21-9-4-15(10-22(21)35-3)30-25-31-23-18(7-8-19(23)24(28-2)32-25)17-6-5-16(36-12-26)11-20(17)27/h4-6,9-11,13,18H,7-8,12H2,1-3H3,(H2,28,30,31,32). The van der Waals surface area contributed by atoms with Crippen LogP contribution in [0.3, 0.4) is 0 Å². The summed E-state index contributed by atoms with van der Waals surface area (Å²) >= 11 is 0. The van der Waals surface area contributed by atoms with Gasteiger partial charge in [0.25, 0.3) is 0 Å². The summed E-state index contributed by atoms with van der Waals surface area (Å²) in [4.78, 5) is 13.6. The number of nitrogens with zero attached hydrogens (tertiary/aromatic N) is 5. The number of hydrogen-bond donors (Lipinski definition) is 2. The van der Waals surface area contributed by atoms with Crippen molar-refractivity contribution < 1.29 is 18.3 Å². The van der Waals surface area contributed by atoms with Gasteiger partial charge >= 0.3 is 0 Å². The average Bonchev–Trinajstić information content (AvgIpc) is 3.50. The molecular formula is C25H25F2N7O2. The number of nitrogens with one attached hydrogen (secondary N) is 2. The zero-order valence-electron chi connectivity index (χ0n) is 20.0. The van der Waals surface area contributed by atoms with Crippen molar-refractivity contribution in [3.05, 3.63) is 71.2 Å². The Labute approximate surface area is 206 Å². The Morgan fingerprint density at radius 1 is 1.17 bits per heavy atom. The molecule has 2 heterocycles. The van der Waals surface area contributed by atoms with E-state index in [0.29, 0.717) is 47.4 Å². The average molecular weight is 494 g/mol. The summed E-state index contributed by atoms with van der Waals surface area (Å²) in [7, 11) is 3.38. The maximum atomic E-state index is 14.9. The van der Waals surface area contributed by atoms with E-state index in [-0.39, 0.29) is 11.7 Å². The Kier molecular flexibility index (Phi) is 6.36. The zero-order valence-corrected chi connectivity index (χ0v) is 20.0. The minimum absolute atomic E-state index is 0.149. The minimum atomic E-state index is -1.01. The highest BCUT2D eigenvalue weighted by atomic mass is 19.1. The first-order valence-electron chi connectivity index (χ1n) is 11.4. The van der Waals surface area contributed by atoms with Crippen molar-refractivity contribution >= 4 is 17.5 Å². The van der Waals surface area contributed by atoms with E-state index >= 15 is 0 Å². The molecule has 4 aromatic rings. The lowest BCUT2D eigenvalue weighted by molar-refractivity contribution is 0.191. The normalized spacial score (nSPS) is 14.4. The Morgan fingerprint density at radius 3 is 2.72 bits per heavy atom. The molecule has 0 saturated heterocycles. The highest BCUT2D eigenvalue weighted by molar-refractivity contribution is 5.64. The SMILES string of the molecule is CNc1nc(Nc2ccc(-n3cnc(C)n3)c(OC)c2)nc2c1CCC2c1ccc(OCF)cc1F. The zero-order chi connectivity index (χ0) is 25.2. The summed E-state index contributed by atoms with van der Waals surface area (Å²) in [6.07, 6.45) is 3.01. The maximum absolute atomic E-state index is 14.9. The van der Waals surface area contributed by atoms with Gasteiger partial charge in [0.2, 0.25) is 12.8 Å². The number of anilines is 3. The Balaban J connectivity index is 1.47. The highest BCUT2D eigenvalue weighted by Crippen LogP contribution is 2.42. The van der Waals surface area contributed by atoms with E-state index in [0.717, 1.165) is 16.9 Å². The van der Waals surface area contributed by atoms with Crippen molar-refractivity contribution in [3.8, 4) is 17.2 Å². The summed E-state index contributed by atoms with van der Waals surface area (Å²) in [5.74, 6) is 1.73. The number of aryl methyl sites for hydroxylation is 1. The van der Waals surface area contributed by atoms with Gasteiger partial charge in [0, 0.05) is 36.3 Å². The largest absolute Gasteiger partial charge is 0.494 e. The van der Waals surface area contributed by atoms with Gasteiger partial charge in [0.15, 0.2) is 0 Å². The molecule has 1 unspecified atom stereocenters. The molecule has 2 N–H and O–H groups in total. The van der Waals surface area contributed by atoms with E-state index in [2.05, 4.69) is 25.7 Å². The van der Waals surface area contributed by atoms with Gasteiger partial charge in [-0.1, -0.05) is 6.07 Å². The van der Waals surface area contributed by atoms with E-state index in [1.807, 2.05) is 25.1 Å². The maximum Gasteiger partial charge on any atom is 0.229 e. The fourth-order valence-electron chi connectivity index (χ4n) is 4.51. The van der Waals surface area contributed by atoms with E-state index in [4.69, 9.17) is 14.5 Å². The number of aromatic nitrogens is 5. The molecule has 36 heavy (non-hydrogen) atoms. The molecule has 1 aliphatic carbocycles. The smallest absolute Gasteiger partial charge is 0.229 e. The van der Waals surface area contributed by atoms with E-state index in [1.165, 1.54) is 6.07 Å². The third-order valence-electron chi connectivity index (χ3n) is 6.15. The van der Waals surface area contributed by atoms with Crippen LogP contribution in [-0.2, 0) is 6.42 Å². The number of methoxy groups -OCH3 is 1. The van der Waals surface area contributed by atoms with E-state index in [1.54, 1.807) is 37.3 Å². The summed E-state index contributed by atoms with van der Waals surface area (Å²) < 4.78 is 39.4. The predicted octanol–water partition coefficient (Wildman–Crippen LogP) is 4.68. The number of benzene rings is 2. The summed E-state index contributed by atoms with van der Waals surface area (Å²) in [6.45, 7) is 0.803. The lowest BCUT2D eigenvalue weighted by Crippen LogP contribution is -2.09. The minimum Gasteiger partial charge on any atom is -0.494 e. The molecule has 0 radical (unpaired) electrons. The molecule has 1 aliphatic rings. The van der Waals surface area contributed by atoms with Gasteiger partial charge in [-0.25, -0.2) is 23.4 Å². The first-order valence-corrected chi connectivity index (χ1v) is 11.4. The van der Waals surface area contributed by atoms with Gasteiger partial charge in [0.05, 0.1) is 12.8 Å². The van der Waals surface area contributed by atoms with Crippen LogP contribution < -0.4 is 20.1 Å². The molecule has 11 heteroatoms. The van der Waals surface area contributed by atoms with Crippen LogP contribution in [0.5, 0.6) is 11.5 Å². The van der Waals surface area contributed by atoms with E-state index < -0.39 is 12.7 Å². The van der Waals surface area contributed by atoms with Crippen molar-refractivity contribution in [2.75, 3.05) is 31.7 Å². The van der Waals surface area contributed by atoms with Crippen LogP contribution in [-0.4, -0.2) is 45.8 Å². The molecule has 0 bridgehead atoms. The van der Waals surface area contributed by atoms with Crippen molar-refractivity contribution in [2.45, 2.75) is 25.7 Å². The second-order valence-electron chi connectivity index (χ2n) is 8.29. The Bertz CT molecular complexity index is 1410. The molecular weight excluding hydrogens is 468 g/mol. The molecule has 0 aliphatic heterocycles. The van der Waals surface area contributed by atoms with Crippen LogP contribution in [0.4, 0.5) is 26.2 Å². The van der Waals surface area contributed by atoms with Crippen LogP contribution in [0.2, 0.25) is 0 Å². The monoisotopic (exact) mass is 493 g/mol. The molecule has 2 aromatic heterocycles. The lowest BCUT2D eigenvalue weighted by Gasteiger charge is -2.16. The second kappa shape index (κ2) is 9.76. The molecule has 1 atom stereocenters. The molecule has 0 fully saturated rings. The topological polar surface area (TPSA) is 99.0 Å². The summed E-state index contributed by atoms with van der Waals surface area (Å²) in [5, 5.41) is 10.7. The quantitative estimate of drug-likeness (QED) is 0.365. The fraction of sp³-hybridized carbons (Fsp3) is 0.280. The first-order chi connectivity index (χ1) is 17.5. The van der Waals surface area contributed by atoms with Crippen molar-refractivity contribution in [1.82, 2.24) is 24.7 Å². The molecule has 0 saturated carbocycles. The fourth-order valence-corrected chi connectivity index (χ4v) is 4.51. The Hall–Kier alpha value is -4.28. The lowest BCUT2D eigenvalue weighted by atomic mass is 9.96. The van der Waals surface area contributed by atoms with Crippen molar-refractivity contribution in [2.24, 2.45) is 0 Å². The Morgan fingerprint density at radius 2 is 2.03 bits per heavy atom. The number of halogens is 2. The molecule has 9 nitrogen and oxygen atoms in total. The summed E-state index contributed by atoms with van der Waals surface area (Å²) in [5.41, 5.74) is 3.64. The van der Waals surface area contributed by atoms with Gasteiger partial charge in [-0.15, -0.1) is 0 Å². The van der Waals surface area contributed by atoms with Gasteiger partial charge in [-0.05, 0) is 43.5 Å². The molecule has 0 spiro atoms. The second-order valence-corrected chi connectivity index (χ2v) is 8.29. The van der Waals surface area contributed by atoms with Crippen LogP contribution in [0.1, 0.15) is 35.0 Å². The number of hydrogen-bond acceptors (Lipinski definition) is 8. The van der Waals surface area contributed by atoms with Crippen LogP contribution in [0.15, 0.2) is 42.7 Å². The third kappa shape index (κ3) is 4.39. The summed E-state index contributed by atoms with van der Waals surface area (Å²) in [6, 6.07) is 9.95.